The van der Waals surface area contributed by atoms with Crippen molar-refractivity contribution >= 4 is 34.6 Å². The van der Waals surface area contributed by atoms with Crippen molar-refractivity contribution in [2.45, 2.75) is 12.1 Å². The second-order valence-corrected chi connectivity index (χ2v) is 8.30. The first-order valence-electron chi connectivity index (χ1n) is 10.2. The van der Waals surface area contributed by atoms with Gasteiger partial charge in [-0.2, -0.15) is 0 Å². The third-order valence-corrected chi connectivity index (χ3v) is 6.15. The molecule has 0 aliphatic carbocycles. The van der Waals surface area contributed by atoms with Crippen molar-refractivity contribution in [1.82, 2.24) is 14.9 Å². The van der Waals surface area contributed by atoms with Crippen LogP contribution in [0.4, 0.5) is 5.69 Å². The average molecular weight is 461 g/mol. The number of pyridine rings is 1. The van der Waals surface area contributed by atoms with Crippen LogP contribution in [0.5, 0.6) is 5.75 Å². The molecule has 0 bridgehead atoms. The van der Waals surface area contributed by atoms with Gasteiger partial charge in [-0.1, -0.05) is 29.8 Å². The molecule has 1 saturated heterocycles. The number of aromatic nitrogens is 2. The van der Waals surface area contributed by atoms with Crippen LogP contribution in [0.15, 0.2) is 91.3 Å². The molecule has 0 radical (unpaired) electrons. The molecule has 160 valence electrons. The summed E-state index contributed by atoms with van der Waals surface area (Å²) in [4.78, 5) is 6.76. The van der Waals surface area contributed by atoms with Crippen LogP contribution >= 0.6 is 23.8 Å². The van der Waals surface area contributed by atoms with E-state index in [1.54, 1.807) is 13.3 Å². The van der Waals surface area contributed by atoms with Crippen molar-refractivity contribution in [2.75, 3.05) is 12.0 Å². The highest BCUT2D eigenvalue weighted by atomic mass is 35.5. The van der Waals surface area contributed by atoms with Gasteiger partial charge in [0.2, 0.25) is 0 Å². The number of ether oxygens (including phenoxy) is 1. The van der Waals surface area contributed by atoms with Crippen molar-refractivity contribution < 1.29 is 4.74 Å². The number of hydrogen-bond acceptors (Lipinski definition) is 3. The van der Waals surface area contributed by atoms with E-state index in [-0.39, 0.29) is 12.1 Å². The highest BCUT2D eigenvalue weighted by Gasteiger charge is 2.42. The Bertz CT molecular complexity index is 1260. The highest BCUT2D eigenvalue weighted by molar-refractivity contribution is 7.80. The van der Waals surface area contributed by atoms with E-state index in [4.69, 9.17) is 28.6 Å². The number of benzene rings is 2. The van der Waals surface area contributed by atoms with Crippen LogP contribution in [0, 0.1) is 0 Å². The monoisotopic (exact) mass is 460 g/mol. The minimum atomic E-state index is -0.140. The smallest absolute Gasteiger partial charge is 0.174 e. The van der Waals surface area contributed by atoms with Gasteiger partial charge < -0.3 is 19.5 Å². The predicted octanol–water partition coefficient (Wildman–Crippen LogP) is 5.71. The lowest BCUT2D eigenvalue weighted by Crippen LogP contribution is -2.30. The Hall–Kier alpha value is -3.35. The maximum atomic E-state index is 6.30. The SMILES string of the molecule is COc1cccc(N2C(=S)N[C@H](c3ccccn3)[C@H]2c2cccn2-c2cccc(Cl)c2)c1. The third kappa shape index (κ3) is 3.72. The Labute approximate surface area is 197 Å². The average Bonchev–Trinajstić information content (AvgIpc) is 3.44. The molecule has 5 nitrogen and oxygen atoms in total. The molecule has 2 aromatic heterocycles. The van der Waals surface area contributed by atoms with Crippen LogP contribution < -0.4 is 15.0 Å². The maximum absolute atomic E-state index is 6.30. The van der Waals surface area contributed by atoms with E-state index in [1.165, 1.54) is 0 Å². The predicted molar refractivity (Wildman–Crippen MR) is 132 cm³/mol. The van der Waals surface area contributed by atoms with Crippen LogP contribution in [0.2, 0.25) is 5.02 Å². The molecule has 3 heterocycles. The van der Waals surface area contributed by atoms with Crippen molar-refractivity contribution in [1.29, 1.82) is 0 Å². The Morgan fingerprint density at radius 3 is 2.59 bits per heavy atom. The Kier molecular flexibility index (Phi) is 5.55. The van der Waals surface area contributed by atoms with E-state index in [9.17, 15) is 0 Å². The van der Waals surface area contributed by atoms with Gasteiger partial charge in [-0.15, -0.1) is 0 Å². The molecule has 1 aliphatic rings. The van der Waals surface area contributed by atoms with E-state index in [2.05, 4.69) is 25.8 Å². The summed E-state index contributed by atoms with van der Waals surface area (Å²) in [5, 5.41) is 4.82. The molecule has 0 saturated carbocycles. The zero-order valence-corrected chi connectivity index (χ0v) is 18.9. The molecular formula is C25H21ClN4OS. The number of hydrogen-bond donors (Lipinski definition) is 1. The molecule has 1 N–H and O–H groups in total. The summed E-state index contributed by atoms with van der Waals surface area (Å²) >= 11 is 12.1. The first kappa shape index (κ1) is 20.5. The van der Waals surface area contributed by atoms with Crippen LogP contribution in [0.25, 0.3) is 5.69 Å². The van der Waals surface area contributed by atoms with Crippen LogP contribution in [-0.4, -0.2) is 21.8 Å². The molecule has 32 heavy (non-hydrogen) atoms. The van der Waals surface area contributed by atoms with Crippen molar-refractivity contribution in [2.24, 2.45) is 0 Å². The number of nitrogens with zero attached hydrogens (tertiary/aromatic N) is 3. The van der Waals surface area contributed by atoms with Gasteiger partial charge in [-0.05, 0) is 66.8 Å². The molecule has 1 aliphatic heterocycles. The summed E-state index contributed by atoms with van der Waals surface area (Å²) in [6.07, 6.45) is 3.85. The first-order chi connectivity index (χ1) is 15.7. The van der Waals surface area contributed by atoms with E-state index in [0.29, 0.717) is 10.1 Å². The lowest BCUT2D eigenvalue weighted by Gasteiger charge is -2.29. The minimum Gasteiger partial charge on any atom is -0.497 e. The van der Waals surface area contributed by atoms with Crippen molar-refractivity contribution in [3.05, 3.63) is 108 Å². The topological polar surface area (TPSA) is 42.3 Å². The summed E-state index contributed by atoms with van der Waals surface area (Å²) in [6, 6.07) is 25.6. The Morgan fingerprint density at radius 2 is 1.81 bits per heavy atom. The van der Waals surface area contributed by atoms with Gasteiger partial charge in [-0.3, -0.25) is 4.98 Å². The van der Waals surface area contributed by atoms with Crippen LogP contribution in [-0.2, 0) is 0 Å². The lowest BCUT2D eigenvalue weighted by atomic mass is 10.0. The van der Waals surface area contributed by atoms with Gasteiger partial charge >= 0.3 is 0 Å². The minimum absolute atomic E-state index is 0.136. The molecule has 4 aromatic rings. The Morgan fingerprint density at radius 1 is 0.969 bits per heavy atom. The number of methoxy groups -OCH3 is 1. The lowest BCUT2D eigenvalue weighted by molar-refractivity contribution is 0.414. The molecule has 0 spiro atoms. The van der Waals surface area contributed by atoms with Crippen molar-refractivity contribution in [3.8, 4) is 11.4 Å². The summed E-state index contributed by atoms with van der Waals surface area (Å²) < 4.78 is 7.62. The summed E-state index contributed by atoms with van der Waals surface area (Å²) in [5.41, 5.74) is 3.92. The molecule has 0 amide bonds. The van der Waals surface area contributed by atoms with E-state index in [0.717, 1.165) is 28.5 Å². The molecular weight excluding hydrogens is 440 g/mol. The van der Waals surface area contributed by atoms with Crippen LogP contribution in [0.1, 0.15) is 23.5 Å². The van der Waals surface area contributed by atoms with E-state index >= 15 is 0 Å². The molecule has 2 aromatic carbocycles. The fourth-order valence-electron chi connectivity index (χ4n) is 4.19. The van der Waals surface area contributed by atoms with E-state index < -0.39 is 0 Å². The summed E-state index contributed by atoms with van der Waals surface area (Å²) in [6.45, 7) is 0. The Balaban J connectivity index is 1.67. The van der Waals surface area contributed by atoms with Gasteiger partial charge in [-0.25, -0.2) is 0 Å². The molecule has 7 heteroatoms. The van der Waals surface area contributed by atoms with Gasteiger partial charge in [0.05, 0.1) is 18.8 Å². The van der Waals surface area contributed by atoms with E-state index in [1.807, 2.05) is 79.0 Å². The molecule has 5 rings (SSSR count). The largest absolute Gasteiger partial charge is 0.497 e. The molecule has 1 fully saturated rings. The van der Waals surface area contributed by atoms with Gasteiger partial charge in [0.25, 0.3) is 0 Å². The van der Waals surface area contributed by atoms with Gasteiger partial charge in [0, 0.05) is 40.6 Å². The zero-order chi connectivity index (χ0) is 22.1. The number of rotatable bonds is 5. The zero-order valence-electron chi connectivity index (χ0n) is 17.4. The second kappa shape index (κ2) is 8.65. The summed E-state index contributed by atoms with van der Waals surface area (Å²) in [5.74, 6) is 0.774. The number of halogens is 1. The first-order valence-corrected chi connectivity index (χ1v) is 11.0. The quantitative estimate of drug-likeness (QED) is 0.386. The van der Waals surface area contributed by atoms with Crippen molar-refractivity contribution in [3.63, 3.8) is 0 Å². The normalized spacial score (nSPS) is 17.9. The fraction of sp³-hybridized carbons (Fsp3) is 0.120. The number of nitrogens with one attached hydrogen (secondary N) is 1. The second-order valence-electron chi connectivity index (χ2n) is 7.48. The van der Waals surface area contributed by atoms with Crippen LogP contribution in [0.3, 0.4) is 0 Å². The van der Waals surface area contributed by atoms with Gasteiger partial charge in [0.15, 0.2) is 5.11 Å². The standard InChI is InChI=1S/C25H21ClN4OS/c1-31-20-10-5-9-19(16-20)30-24(23(28-25(30)32)21-11-2-3-13-27-21)22-12-6-14-29(22)18-8-4-7-17(26)15-18/h2-16,23-24H,1H3,(H,28,32)/t23-,24-/m1/s1. The fourth-order valence-corrected chi connectivity index (χ4v) is 4.72. The third-order valence-electron chi connectivity index (χ3n) is 5.60. The molecule has 2 atom stereocenters. The highest BCUT2D eigenvalue weighted by Crippen LogP contribution is 2.42. The number of thiocarbonyl (C=S) groups is 1. The maximum Gasteiger partial charge on any atom is 0.174 e. The van der Waals surface area contributed by atoms with Gasteiger partial charge in [0.1, 0.15) is 11.8 Å². The number of anilines is 1. The summed E-state index contributed by atoms with van der Waals surface area (Å²) in [7, 11) is 1.66. The molecule has 0 unspecified atom stereocenters.